The SMILES string of the molecule is C=Cc1cc(C(=O)OCCCCCCCCCCCC)ccc1C(=O)OCCCCCCCCCCCC. The maximum Gasteiger partial charge on any atom is 0.338 e. The summed E-state index contributed by atoms with van der Waals surface area (Å²) in [6.07, 6.45) is 26.5. The molecule has 0 N–H and O–H groups in total. The Labute approximate surface area is 234 Å². The summed E-state index contributed by atoms with van der Waals surface area (Å²) in [4.78, 5) is 25.0. The predicted octanol–water partition coefficient (Wildman–Crippen LogP) is 10.5. The first kappa shape index (κ1) is 33.9. The minimum absolute atomic E-state index is 0.352. The lowest BCUT2D eigenvalue weighted by molar-refractivity contribution is 0.0483. The molecule has 0 unspecified atom stereocenters. The molecular formula is C34H56O4. The Morgan fingerprint density at radius 3 is 1.42 bits per heavy atom. The number of carbonyl (C=O) groups excluding carboxylic acids is 2. The van der Waals surface area contributed by atoms with Gasteiger partial charge in [-0.3, -0.25) is 0 Å². The van der Waals surface area contributed by atoms with Crippen LogP contribution in [0.4, 0.5) is 0 Å². The van der Waals surface area contributed by atoms with Crippen molar-refractivity contribution in [3.8, 4) is 0 Å². The minimum atomic E-state index is -0.360. The molecule has 0 bridgehead atoms. The van der Waals surface area contributed by atoms with Crippen molar-refractivity contribution in [1.82, 2.24) is 0 Å². The number of carbonyl (C=O) groups is 2. The molecule has 0 aromatic heterocycles. The molecule has 0 aliphatic heterocycles. The van der Waals surface area contributed by atoms with Gasteiger partial charge >= 0.3 is 11.9 Å². The lowest BCUT2D eigenvalue weighted by atomic mass is 10.0. The average molecular weight is 529 g/mol. The Bertz CT molecular complexity index is 755. The summed E-state index contributed by atoms with van der Waals surface area (Å²) in [7, 11) is 0. The second-order valence-electron chi connectivity index (χ2n) is 10.6. The van der Waals surface area contributed by atoms with Crippen molar-refractivity contribution in [2.24, 2.45) is 0 Å². The molecule has 4 nitrogen and oxygen atoms in total. The number of hydrogen-bond donors (Lipinski definition) is 0. The van der Waals surface area contributed by atoms with Gasteiger partial charge in [0, 0.05) is 0 Å². The average Bonchev–Trinajstić information content (AvgIpc) is 2.94. The third-order valence-corrected chi connectivity index (χ3v) is 7.19. The van der Waals surface area contributed by atoms with Crippen LogP contribution >= 0.6 is 0 Å². The molecule has 1 rings (SSSR count). The van der Waals surface area contributed by atoms with E-state index in [0.717, 1.165) is 25.7 Å². The molecule has 0 radical (unpaired) electrons. The second-order valence-corrected chi connectivity index (χ2v) is 10.6. The van der Waals surface area contributed by atoms with Crippen molar-refractivity contribution in [2.75, 3.05) is 13.2 Å². The smallest absolute Gasteiger partial charge is 0.338 e. The van der Waals surface area contributed by atoms with Crippen LogP contribution in [0.2, 0.25) is 0 Å². The fourth-order valence-corrected chi connectivity index (χ4v) is 4.71. The van der Waals surface area contributed by atoms with Crippen LogP contribution in [0.1, 0.15) is 169 Å². The summed E-state index contributed by atoms with van der Waals surface area (Å²) in [6.45, 7) is 9.16. The third kappa shape index (κ3) is 16.7. The Hall–Kier alpha value is -2.10. The minimum Gasteiger partial charge on any atom is -0.462 e. The van der Waals surface area contributed by atoms with E-state index in [4.69, 9.17) is 9.47 Å². The number of benzene rings is 1. The van der Waals surface area contributed by atoms with Crippen molar-refractivity contribution < 1.29 is 19.1 Å². The molecule has 0 atom stereocenters. The molecule has 216 valence electrons. The van der Waals surface area contributed by atoms with Crippen molar-refractivity contribution >= 4 is 18.0 Å². The summed E-state index contributed by atoms with van der Waals surface area (Å²) in [5, 5.41) is 0. The molecule has 0 fully saturated rings. The van der Waals surface area contributed by atoms with E-state index in [2.05, 4.69) is 20.4 Å². The molecule has 0 spiro atoms. The first-order valence-corrected chi connectivity index (χ1v) is 15.7. The van der Waals surface area contributed by atoms with Crippen LogP contribution in [-0.4, -0.2) is 25.2 Å². The van der Waals surface area contributed by atoms with Gasteiger partial charge in [-0.1, -0.05) is 142 Å². The summed E-state index contributed by atoms with van der Waals surface area (Å²) < 4.78 is 10.9. The zero-order chi connectivity index (χ0) is 27.7. The molecule has 38 heavy (non-hydrogen) atoms. The highest BCUT2D eigenvalue weighted by atomic mass is 16.5. The standard InChI is InChI=1S/C34H56O4/c1-4-7-9-11-13-15-17-19-21-23-27-37-33(35)31-25-26-32(30(6-3)29-31)34(36)38-28-24-22-20-18-16-14-12-10-8-5-2/h6,25-26,29H,3-5,7-24,27-28H2,1-2H3. The van der Waals surface area contributed by atoms with E-state index >= 15 is 0 Å². The maximum atomic E-state index is 12.6. The van der Waals surface area contributed by atoms with Gasteiger partial charge in [-0.05, 0) is 36.6 Å². The van der Waals surface area contributed by atoms with E-state index in [-0.39, 0.29) is 11.9 Å². The number of hydrogen-bond acceptors (Lipinski definition) is 4. The van der Waals surface area contributed by atoms with Crippen LogP contribution < -0.4 is 0 Å². The fourth-order valence-electron chi connectivity index (χ4n) is 4.71. The van der Waals surface area contributed by atoms with E-state index in [1.807, 2.05) is 0 Å². The quantitative estimate of drug-likeness (QED) is 0.0935. The normalized spacial score (nSPS) is 10.9. The molecule has 0 heterocycles. The van der Waals surface area contributed by atoms with Crippen LogP contribution in [0.15, 0.2) is 24.8 Å². The molecule has 1 aromatic rings. The number of esters is 2. The maximum absolute atomic E-state index is 12.6. The Morgan fingerprint density at radius 2 is 1.00 bits per heavy atom. The molecule has 0 saturated carbocycles. The van der Waals surface area contributed by atoms with Crippen molar-refractivity contribution in [1.29, 1.82) is 0 Å². The van der Waals surface area contributed by atoms with Crippen LogP contribution in [0.25, 0.3) is 6.08 Å². The van der Waals surface area contributed by atoms with Gasteiger partial charge in [0.25, 0.3) is 0 Å². The second kappa shape index (κ2) is 24.0. The highest BCUT2D eigenvalue weighted by molar-refractivity contribution is 5.97. The number of unbranched alkanes of at least 4 members (excludes halogenated alkanes) is 18. The van der Waals surface area contributed by atoms with Crippen LogP contribution in [0.3, 0.4) is 0 Å². The highest BCUT2D eigenvalue weighted by Gasteiger charge is 2.15. The summed E-state index contributed by atoms with van der Waals surface area (Å²) in [5.41, 5.74) is 1.49. The van der Waals surface area contributed by atoms with E-state index in [1.54, 1.807) is 24.3 Å². The van der Waals surface area contributed by atoms with E-state index in [1.165, 1.54) is 103 Å². The van der Waals surface area contributed by atoms with Gasteiger partial charge in [-0.25, -0.2) is 9.59 Å². The highest BCUT2D eigenvalue weighted by Crippen LogP contribution is 2.17. The zero-order valence-electron chi connectivity index (χ0n) is 24.7. The van der Waals surface area contributed by atoms with Gasteiger partial charge in [-0.15, -0.1) is 0 Å². The van der Waals surface area contributed by atoms with Crippen molar-refractivity contribution in [3.05, 3.63) is 41.5 Å². The van der Waals surface area contributed by atoms with Crippen LogP contribution in [0.5, 0.6) is 0 Å². The summed E-state index contributed by atoms with van der Waals surface area (Å²) in [6, 6.07) is 4.96. The Morgan fingerprint density at radius 1 is 0.605 bits per heavy atom. The molecule has 0 saturated heterocycles. The number of rotatable bonds is 25. The third-order valence-electron chi connectivity index (χ3n) is 7.19. The summed E-state index contributed by atoms with van der Waals surface area (Å²) >= 11 is 0. The van der Waals surface area contributed by atoms with Gasteiger partial charge < -0.3 is 9.47 Å². The molecule has 4 heteroatoms. The van der Waals surface area contributed by atoms with Gasteiger partial charge in [0.2, 0.25) is 0 Å². The summed E-state index contributed by atoms with van der Waals surface area (Å²) in [5.74, 6) is -0.713. The zero-order valence-corrected chi connectivity index (χ0v) is 24.7. The largest absolute Gasteiger partial charge is 0.462 e. The van der Waals surface area contributed by atoms with Crippen LogP contribution in [0, 0.1) is 0 Å². The molecule has 0 aliphatic rings. The van der Waals surface area contributed by atoms with Crippen LogP contribution in [-0.2, 0) is 9.47 Å². The van der Waals surface area contributed by atoms with Gasteiger partial charge in [0.05, 0.1) is 24.3 Å². The molecule has 0 amide bonds. The van der Waals surface area contributed by atoms with Crippen molar-refractivity contribution in [3.63, 3.8) is 0 Å². The topological polar surface area (TPSA) is 52.6 Å². The lowest BCUT2D eigenvalue weighted by Crippen LogP contribution is -2.11. The van der Waals surface area contributed by atoms with E-state index < -0.39 is 0 Å². The first-order valence-electron chi connectivity index (χ1n) is 15.7. The Balaban J connectivity index is 2.21. The van der Waals surface area contributed by atoms with Gasteiger partial charge in [0.15, 0.2) is 0 Å². The van der Waals surface area contributed by atoms with E-state index in [9.17, 15) is 9.59 Å². The van der Waals surface area contributed by atoms with Crippen molar-refractivity contribution in [2.45, 2.75) is 142 Å². The fraction of sp³-hybridized carbons (Fsp3) is 0.706. The van der Waals surface area contributed by atoms with Gasteiger partial charge in [0.1, 0.15) is 0 Å². The molecule has 0 aliphatic carbocycles. The van der Waals surface area contributed by atoms with Gasteiger partial charge in [-0.2, -0.15) is 0 Å². The predicted molar refractivity (Wildman–Crippen MR) is 161 cm³/mol. The Kier molecular flexibility index (Phi) is 21.4. The van der Waals surface area contributed by atoms with E-state index in [0.29, 0.717) is 29.9 Å². The molecular weight excluding hydrogens is 472 g/mol. The monoisotopic (exact) mass is 528 g/mol. The number of ether oxygens (including phenoxy) is 2. The first-order chi connectivity index (χ1) is 18.6. The lowest BCUT2D eigenvalue weighted by Gasteiger charge is -2.10. The molecule has 1 aromatic carbocycles.